The Kier molecular flexibility index (Phi) is 6.36. The van der Waals surface area contributed by atoms with Crippen molar-refractivity contribution in [3.8, 4) is 0 Å². The lowest BCUT2D eigenvalue weighted by Crippen LogP contribution is -2.69. The number of aliphatic hydroxyl groups excluding tert-OH is 1. The molecule has 0 aliphatic carbocycles. The van der Waals surface area contributed by atoms with Gasteiger partial charge in [-0.1, -0.05) is 0 Å². The molecule has 9 nitrogen and oxygen atoms in total. The van der Waals surface area contributed by atoms with Crippen LogP contribution in [0.1, 0.15) is 33.1 Å². The van der Waals surface area contributed by atoms with Crippen LogP contribution in [0.2, 0.25) is 0 Å². The number of ether oxygens (including phenoxy) is 2. The van der Waals surface area contributed by atoms with E-state index in [-0.39, 0.29) is 12.5 Å². The Morgan fingerprint density at radius 3 is 2.75 bits per heavy atom. The van der Waals surface area contributed by atoms with Gasteiger partial charge in [0.1, 0.15) is 12.7 Å². The summed E-state index contributed by atoms with van der Waals surface area (Å²) in [4.78, 5) is 23.1. The lowest BCUT2D eigenvalue weighted by Gasteiger charge is -2.53. The summed E-state index contributed by atoms with van der Waals surface area (Å²) in [7, 11) is 1.82. The van der Waals surface area contributed by atoms with E-state index in [1.807, 2.05) is 20.9 Å². The van der Waals surface area contributed by atoms with Crippen molar-refractivity contribution in [2.75, 3.05) is 50.2 Å². The van der Waals surface area contributed by atoms with Crippen LogP contribution in [0.15, 0.2) is 12.4 Å². The molecule has 0 bridgehead atoms. The van der Waals surface area contributed by atoms with Crippen LogP contribution in [0.4, 0.5) is 11.6 Å². The molecular weight excluding hydrogens is 362 g/mol. The quantitative estimate of drug-likeness (QED) is 0.643. The number of aliphatic hydroxyl groups is 1. The number of piperidine rings is 1. The molecule has 3 rings (SSSR count). The fourth-order valence-corrected chi connectivity index (χ4v) is 4.20. The fraction of sp³-hybridized carbons (Fsp3) is 0.737. The summed E-state index contributed by atoms with van der Waals surface area (Å²) >= 11 is 0. The number of hydrogen-bond donors (Lipinski definition) is 3. The molecule has 1 aromatic rings. The number of rotatable bonds is 6. The minimum absolute atomic E-state index is 0.0000832. The van der Waals surface area contributed by atoms with Crippen molar-refractivity contribution in [2.24, 2.45) is 0 Å². The van der Waals surface area contributed by atoms with E-state index < -0.39 is 17.2 Å². The van der Waals surface area contributed by atoms with Crippen molar-refractivity contribution in [3.63, 3.8) is 0 Å². The smallest absolute Gasteiger partial charge is 0.246 e. The van der Waals surface area contributed by atoms with Crippen molar-refractivity contribution in [2.45, 2.75) is 50.4 Å². The van der Waals surface area contributed by atoms with E-state index >= 15 is 0 Å². The van der Waals surface area contributed by atoms with Crippen LogP contribution in [-0.4, -0.2) is 78.2 Å². The first-order chi connectivity index (χ1) is 13.4. The highest BCUT2D eigenvalue weighted by molar-refractivity contribution is 5.78. The summed E-state index contributed by atoms with van der Waals surface area (Å²) in [6, 6.07) is 0. The number of nitrogens with zero attached hydrogens (tertiary/aromatic N) is 3. The van der Waals surface area contributed by atoms with Gasteiger partial charge < -0.3 is 30.1 Å². The number of amides is 1. The van der Waals surface area contributed by atoms with E-state index in [0.29, 0.717) is 45.6 Å². The zero-order valence-electron chi connectivity index (χ0n) is 16.9. The van der Waals surface area contributed by atoms with Crippen LogP contribution < -0.4 is 15.5 Å². The number of aromatic nitrogens is 2. The number of carbonyl (C=O) groups excluding carboxylic acids is 1. The maximum absolute atomic E-state index is 12.2. The highest BCUT2D eigenvalue weighted by atomic mass is 16.5. The van der Waals surface area contributed by atoms with Crippen LogP contribution in [0.25, 0.3) is 0 Å². The number of carbonyl (C=O) groups is 1. The average Bonchev–Trinajstić information content (AvgIpc) is 2.71. The third kappa shape index (κ3) is 4.06. The number of anilines is 2. The Bertz CT molecular complexity index is 680. The minimum atomic E-state index is -0.799. The molecule has 2 aliphatic heterocycles. The lowest BCUT2D eigenvalue weighted by molar-refractivity contribution is -0.198. The number of hydrogen-bond acceptors (Lipinski definition) is 8. The first kappa shape index (κ1) is 20.8. The Labute approximate surface area is 165 Å². The summed E-state index contributed by atoms with van der Waals surface area (Å²) in [5.74, 6) is 1.32. The lowest BCUT2D eigenvalue weighted by atomic mass is 9.73. The van der Waals surface area contributed by atoms with Gasteiger partial charge in [-0.25, -0.2) is 9.97 Å². The van der Waals surface area contributed by atoms with Gasteiger partial charge in [0.2, 0.25) is 5.91 Å². The molecule has 156 valence electrons. The van der Waals surface area contributed by atoms with Crippen molar-refractivity contribution in [1.29, 1.82) is 0 Å². The highest BCUT2D eigenvalue weighted by Crippen LogP contribution is 2.41. The summed E-state index contributed by atoms with van der Waals surface area (Å²) in [5.41, 5.74) is -1.41. The summed E-state index contributed by atoms with van der Waals surface area (Å²) in [6.07, 6.45) is 4.39. The molecule has 2 fully saturated rings. The molecule has 1 spiro atoms. The molecular formula is C19H31N5O4. The SMILES string of the molecule is CCOCC(=O)N[C@@]1(C)CCOC2(CCN(c3nccnc3NC)CC2)[C@@H]1O. The molecule has 0 unspecified atom stereocenters. The normalized spacial score (nSPS) is 26.9. The van der Waals surface area contributed by atoms with Crippen LogP contribution in [0, 0.1) is 0 Å². The van der Waals surface area contributed by atoms with E-state index in [1.54, 1.807) is 12.4 Å². The molecule has 28 heavy (non-hydrogen) atoms. The van der Waals surface area contributed by atoms with Gasteiger partial charge >= 0.3 is 0 Å². The van der Waals surface area contributed by atoms with Gasteiger partial charge in [0.25, 0.3) is 0 Å². The van der Waals surface area contributed by atoms with Crippen molar-refractivity contribution >= 4 is 17.5 Å². The maximum Gasteiger partial charge on any atom is 0.246 e. The summed E-state index contributed by atoms with van der Waals surface area (Å²) < 4.78 is 11.3. The second kappa shape index (κ2) is 8.59. The fourth-order valence-electron chi connectivity index (χ4n) is 4.20. The molecule has 3 heterocycles. The van der Waals surface area contributed by atoms with Gasteiger partial charge in [-0.3, -0.25) is 4.79 Å². The van der Waals surface area contributed by atoms with E-state index in [0.717, 1.165) is 11.6 Å². The van der Waals surface area contributed by atoms with E-state index in [9.17, 15) is 9.90 Å². The molecule has 2 saturated heterocycles. The minimum Gasteiger partial charge on any atom is -0.388 e. The number of nitrogens with one attached hydrogen (secondary N) is 2. The Hall–Kier alpha value is -1.97. The van der Waals surface area contributed by atoms with Crippen molar-refractivity contribution in [1.82, 2.24) is 15.3 Å². The zero-order chi connectivity index (χ0) is 20.2. The molecule has 0 aromatic carbocycles. The second-order valence-corrected chi connectivity index (χ2v) is 7.63. The average molecular weight is 393 g/mol. The standard InChI is InChI=1S/C19H31N5O4/c1-4-27-13-14(25)23-18(2)7-12-28-19(17(18)26)5-10-24(11-6-19)16-15(20-3)21-8-9-22-16/h8-9,17,26H,4-7,10-13H2,1-3H3,(H,20,21)(H,23,25)/t17-,18+/m1/s1. The molecule has 9 heteroatoms. The second-order valence-electron chi connectivity index (χ2n) is 7.63. The van der Waals surface area contributed by atoms with Gasteiger partial charge in [-0.15, -0.1) is 0 Å². The van der Waals surface area contributed by atoms with Gasteiger partial charge in [0, 0.05) is 45.7 Å². The zero-order valence-corrected chi connectivity index (χ0v) is 16.9. The first-order valence-electron chi connectivity index (χ1n) is 9.88. The van der Waals surface area contributed by atoms with Crippen LogP contribution in [-0.2, 0) is 14.3 Å². The van der Waals surface area contributed by atoms with E-state index in [2.05, 4.69) is 25.5 Å². The van der Waals surface area contributed by atoms with Crippen molar-refractivity contribution in [3.05, 3.63) is 12.4 Å². The Morgan fingerprint density at radius 2 is 2.07 bits per heavy atom. The van der Waals surface area contributed by atoms with E-state index in [4.69, 9.17) is 9.47 Å². The van der Waals surface area contributed by atoms with Gasteiger partial charge in [-0.05, 0) is 33.1 Å². The molecule has 2 aliphatic rings. The van der Waals surface area contributed by atoms with Crippen LogP contribution in [0.3, 0.4) is 0 Å². The maximum atomic E-state index is 12.2. The predicted molar refractivity (Wildman–Crippen MR) is 105 cm³/mol. The van der Waals surface area contributed by atoms with Crippen LogP contribution in [0.5, 0.6) is 0 Å². The molecule has 1 amide bonds. The molecule has 0 radical (unpaired) electrons. The van der Waals surface area contributed by atoms with Crippen molar-refractivity contribution < 1.29 is 19.4 Å². The monoisotopic (exact) mass is 393 g/mol. The molecule has 2 atom stereocenters. The molecule has 0 saturated carbocycles. The first-order valence-corrected chi connectivity index (χ1v) is 9.88. The predicted octanol–water partition coefficient (Wildman–Crippen LogP) is 0.550. The van der Waals surface area contributed by atoms with Gasteiger partial charge in [0.05, 0.1) is 11.1 Å². The summed E-state index contributed by atoms with van der Waals surface area (Å²) in [6.45, 7) is 6.08. The summed E-state index contributed by atoms with van der Waals surface area (Å²) in [5, 5.41) is 17.2. The van der Waals surface area contributed by atoms with Gasteiger partial charge in [-0.2, -0.15) is 0 Å². The third-order valence-electron chi connectivity index (χ3n) is 5.80. The van der Waals surface area contributed by atoms with Gasteiger partial charge in [0.15, 0.2) is 11.6 Å². The topological polar surface area (TPSA) is 109 Å². The Balaban J connectivity index is 1.68. The largest absolute Gasteiger partial charge is 0.388 e. The third-order valence-corrected chi connectivity index (χ3v) is 5.80. The molecule has 3 N–H and O–H groups in total. The van der Waals surface area contributed by atoms with E-state index in [1.165, 1.54) is 0 Å². The van der Waals surface area contributed by atoms with Crippen LogP contribution >= 0.6 is 0 Å². The Morgan fingerprint density at radius 1 is 1.36 bits per heavy atom. The molecule has 1 aromatic heterocycles. The highest BCUT2D eigenvalue weighted by Gasteiger charge is 2.54.